The first-order valence-corrected chi connectivity index (χ1v) is 2.81. The van der Waals surface area contributed by atoms with E-state index in [1.165, 1.54) is 13.1 Å². The summed E-state index contributed by atoms with van der Waals surface area (Å²) in [5.41, 5.74) is 0. The Balaban J connectivity index is 3.30. The predicted molar refractivity (Wildman–Crippen MR) is 37.2 cm³/mol. The molecule has 0 fully saturated rings. The third kappa shape index (κ3) is 4.65. The van der Waals surface area contributed by atoms with Crippen LogP contribution in [0.1, 0.15) is 0 Å². The first-order chi connectivity index (χ1) is 4.81. The van der Waals surface area contributed by atoms with Gasteiger partial charge < -0.3 is 10.6 Å². The van der Waals surface area contributed by atoms with Gasteiger partial charge in [-0.1, -0.05) is 6.08 Å². The normalized spacial score (nSPS) is 8.80. The fourth-order valence-corrected chi connectivity index (χ4v) is 0.352. The molecule has 0 atom stereocenters. The Hall–Kier alpha value is -1.50. The summed E-state index contributed by atoms with van der Waals surface area (Å²) < 4.78 is 0. The number of urea groups is 1. The maximum atomic E-state index is 10.4. The number of nitrogens with one attached hydrogen (secondary N) is 2. The second kappa shape index (κ2) is 5.63. The number of nitrogens with zero attached hydrogens (tertiary/aromatic N) is 1. The van der Waals surface area contributed by atoms with Gasteiger partial charge in [0.1, 0.15) is 0 Å². The van der Waals surface area contributed by atoms with Crippen LogP contribution < -0.4 is 10.6 Å². The Labute approximate surface area is 59.5 Å². The van der Waals surface area contributed by atoms with Gasteiger partial charge in [-0.2, -0.15) is 5.26 Å². The second-order valence-corrected chi connectivity index (χ2v) is 1.49. The molecule has 0 aromatic heterocycles. The van der Waals surface area contributed by atoms with E-state index in [1.54, 1.807) is 6.08 Å². The molecule has 0 radical (unpaired) electrons. The number of hydrogen-bond acceptors (Lipinski definition) is 2. The number of nitriles is 1. The van der Waals surface area contributed by atoms with Crippen molar-refractivity contribution in [1.29, 1.82) is 5.26 Å². The summed E-state index contributed by atoms with van der Waals surface area (Å²) in [6.07, 6.45) is 2.88. The standard InChI is InChI=1S/C6H9N3O/c1-8-6(10)9-5-3-2-4-7/h2-3H,5H2,1H3,(H2,8,9,10)/b3-2+. The molecule has 0 heterocycles. The van der Waals surface area contributed by atoms with Gasteiger partial charge in [-0.25, -0.2) is 4.79 Å². The van der Waals surface area contributed by atoms with Gasteiger partial charge in [0.05, 0.1) is 6.07 Å². The van der Waals surface area contributed by atoms with Gasteiger partial charge in [-0.15, -0.1) is 0 Å². The van der Waals surface area contributed by atoms with Crippen molar-refractivity contribution in [2.24, 2.45) is 0 Å². The van der Waals surface area contributed by atoms with Gasteiger partial charge >= 0.3 is 6.03 Å². The average Bonchev–Trinajstić information content (AvgIpc) is 1.98. The van der Waals surface area contributed by atoms with Crippen LogP contribution in [0.2, 0.25) is 0 Å². The Bertz CT molecular complexity index is 168. The van der Waals surface area contributed by atoms with Crippen LogP contribution >= 0.6 is 0 Å². The van der Waals surface area contributed by atoms with E-state index in [0.29, 0.717) is 6.54 Å². The smallest absolute Gasteiger partial charge is 0.314 e. The Kier molecular flexibility index (Phi) is 4.79. The fourth-order valence-electron chi connectivity index (χ4n) is 0.352. The van der Waals surface area contributed by atoms with Crippen molar-refractivity contribution in [2.45, 2.75) is 0 Å². The molecule has 0 aliphatic rings. The molecule has 4 heteroatoms. The third-order valence-corrected chi connectivity index (χ3v) is 0.800. The molecule has 0 aromatic carbocycles. The lowest BCUT2D eigenvalue weighted by Crippen LogP contribution is -2.32. The second-order valence-electron chi connectivity index (χ2n) is 1.49. The van der Waals surface area contributed by atoms with Gasteiger partial charge in [0.15, 0.2) is 0 Å². The number of hydrogen-bond donors (Lipinski definition) is 2. The van der Waals surface area contributed by atoms with Crippen molar-refractivity contribution in [3.05, 3.63) is 12.2 Å². The molecule has 0 aliphatic heterocycles. The van der Waals surface area contributed by atoms with Crippen molar-refractivity contribution in [3.8, 4) is 6.07 Å². The predicted octanol–water partition coefficient (Wildman–Crippen LogP) is -0.00482. The highest BCUT2D eigenvalue weighted by atomic mass is 16.2. The lowest BCUT2D eigenvalue weighted by atomic mass is 10.5. The maximum absolute atomic E-state index is 10.4. The first kappa shape index (κ1) is 8.50. The molecule has 2 N–H and O–H groups in total. The minimum atomic E-state index is -0.248. The Morgan fingerprint density at radius 1 is 1.80 bits per heavy atom. The van der Waals surface area contributed by atoms with Crippen molar-refractivity contribution in [1.82, 2.24) is 10.6 Å². The van der Waals surface area contributed by atoms with E-state index in [0.717, 1.165) is 0 Å². The SMILES string of the molecule is CNC(=O)NC/C=C/C#N. The van der Waals surface area contributed by atoms with Crippen LogP contribution in [0.3, 0.4) is 0 Å². The lowest BCUT2D eigenvalue weighted by Gasteiger charge is -1.97. The van der Waals surface area contributed by atoms with E-state index in [2.05, 4.69) is 10.6 Å². The summed E-state index contributed by atoms with van der Waals surface area (Å²) in [4.78, 5) is 10.4. The minimum absolute atomic E-state index is 0.248. The van der Waals surface area contributed by atoms with Crippen molar-refractivity contribution in [2.75, 3.05) is 13.6 Å². The zero-order chi connectivity index (χ0) is 7.82. The monoisotopic (exact) mass is 139 g/mol. The highest BCUT2D eigenvalue weighted by molar-refractivity contribution is 5.73. The van der Waals surface area contributed by atoms with Crippen molar-refractivity contribution < 1.29 is 4.79 Å². The molecule has 4 nitrogen and oxygen atoms in total. The summed E-state index contributed by atoms with van der Waals surface area (Å²) >= 11 is 0. The molecule has 2 amide bonds. The number of amides is 2. The van der Waals surface area contributed by atoms with Crippen LogP contribution in [-0.2, 0) is 0 Å². The fraction of sp³-hybridized carbons (Fsp3) is 0.333. The molecule has 0 unspecified atom stereocenters. The molecule has 0 spiro atoms. The lowest BCUT2D eigenvalue weighted by molar-refractivity contribution is 0.244. The summed E-state index contributed by atoms with van der Waals surface area (Å²) in [5.74, 6) is 0. The molecule has 0 rings (SSSR count). The van der Waals surface area contributed by atoms with Gasteiger partial charge in [-0.05, 0) is 0 Å². The number of allylic oxidation sites excluding steroid dienone is 1. The summed E-state index contributed by atoms with van der Waals surface area (Å²) in [7, 11) is 1.53. The van der Waals surface area contributed by atoms with Crippen LogP contribution in [0, 0.1) is 11.3 Å². The minimum Gasteiger partial charge on any atom is -0.341 e. The molecule has 0 aliphatic carbocycles. The molecule has 0 saturated carbocycles. The van der Waals surface area contributed by atoms with E-state index in [9.17, 15) is 4.79 Å². The van der Waals surface area contributed by atoms with Crippen LogP contribution in [0.25, 0.3) is 0 Å². The molecule has 54 valence electrons. The molecular weight excluding hydrogens is 130 g/mol. The van der Waals surface area contributed by atoms with Gasteiger partial charge in [0.2, 0.25) is 0 Å². The Morgan fingerprint density at radius 3 is 3.00 bits per heavy atom. The molecular formula is C6H9N3O. The number of carbonyl (C=O) groups is 1. The highest BCUT2D eigenvalue weighted by Gasteiger charge is 1.88. The third-order valence-electron chi connectivity index (χ3n) is 0.800. The Morgan fingerprint density at radius 2 is 2.50 bits per heavy atom. The molecule has 0 bridgehead atoms. The zero-order valence-corrected chi connectivity index (χ0v) is 5.72. The van der Waals surface area contributed by atoms with Crippen molar-refractivity contribution >= 4 is 6.03 Å². The molecule has 0 aromatic rings. The van der Waals surface area contributed by atoms with E-state index in [4.69, 9.17) is 5.26 Å². The van der Waals surface area contributed by atoms with Crippen LogP contribution in [0.5, 0.6) is 0 Å². The molecule has 10 heavy (non-hydrogen) atoms. The zero-order valence-electron chi connectivity index (χ0n) is 5.72. The summed E-state index contributed by atoms with van der Waals surface area (Å²) in [6, 6.07) is 1.56. The topological polar surface area (TPSA) is 64.9 Å². The van der Waals surface area contributed by atoms with E-state index in [1.807, 2.05) is 6.07 Å². The van der Waals surface area contributed by atoms with Crippen LogP contribution in [0.15, 0.2) is 12.2 Å². The van der Waals surface area contributed by atoms with Crippen LogP contribution in [0.4, 0.5) is 4.79 Å². The maximum Gasteiger partial charge on any atom is 0.314 e. The quantitative estimate of drug-likeness (QED) is 0.528. The van der Waals surface area contributed by atoms with Gasteiger partial charge in [-0.3, -0.25) is 0 Å². The average molecular weight is 139 g/mol. The summed E-state index contributed by atoms with van der Waals surface area (Å²) in [6.45, 7) is 0.382. The number of rotatable bonds is 2. The van der Waals surface area contributed by atoms with Gasteiger partial charge in [0, 0.05) is 19.7 Å². The molecule has 0 saturated heterocycles. The largest absolute Gasteiger partial charge is 0.341 e. The van der Waals surface area contributed by atoms with E-state index >= 15 is 0 Å². The number of carbonyl (C=O) groups excluding carboxylic acids is 1. The summed E-state index contributed by atoms with van der Waals surface area (Å²) in [5, 5.41) is 12.9. The van der Waals surface area contributed by atoms with E-state index < -0.39 is 0 Å². The van der Waals surface area contributed by atoms with Gasteiger partial charge in [0.25, 0.3) is 0 Å². The van der Waals surface area contributed by atoms with Crippen LogP contribution in [-0.4, -0.2) is 19.6 Å². The van der Waals surface area contributed by atoms with Crippen molar-refractivity contribution in [3.63, 3.8) is 0 Å². The van der Waals surface area contributed by atoms with E-state index in [-0.39, 0.29) is 6.03 Å². The first-order valence-electron chi connectivity index (χ1n) is 2.81. The highest BCUT2D eigenvalue weighted by Crippen LogP contribution is 1.67.